The van der Waals surface area contributed by atoms with Gasteiger partial charge >= 0.3 is 0 Å². The van der Waals surface area contributed by atoms with Crippen LogP contribution in [0.1, 0.15) is 17.3 Å². The van der Waals surface area contributed by atoms with E-state index in [9.17, 15) is 9.18 Å². The highest BCUT2D eigenvalue weighted by Gasteiger charge is 2.13. The van der Waals surface area contributed by atoms with Crippen molar-refractivity contribution in [3.63, 3.8) is 0 Å². The van der Waals surface area contributed by atoms with Gasteiger partial charge in [0, 0.05) is 6.07 Å². The van der Waals surface area contributed by atoms with Crippen LogP contribution in [0, 0.1) is 17.1 Å². The monoisotopic (exact) mass is 208 g/mol. The van der Waals surface area contributed by atoms with E-state index in [1.165, 1.54) is 13.0 Å². The quantitative estimate of drug-likeness (QED) is 0.766. The van der Waals surface area contributed by atoms with E-state index in [4.69, 9.17) is 10.4 Å². The van der Waals surface area contributed by atoms with E-state index in [1.807, 2.05) is 0 Å². The largest absolute Gasteiger partial charge is 0.508 e. The molecule has 1 aromatic rings. The van der Waals surface area contributed by atoms with Crippen molar-refractivity contribution in [2.24, 2.45) is 0 Å². The van der Waals surface area contributed by atoms with Gasteiger partial charge in [-0.05, 0) is 19.1 Å². The Labute approximate surface area is 86.0 Å². The smallest absolute Gasteiger partial charge is 0.255 e. The standard InChI is InChI=1S/C10H9FN2O2/c1-6(5-12)13-10(15)8-3-2-7(14)4-9(8)11/h2-4,6,14H,1H3,(H,13,15)/t6-/m0/s1. The first-order valence-electron chi connectivity index (χ1n) is 4.23. The van der Waals surface area contributed by atoms with E-state index in [-0.39, 0.29) is 11.3 Å². The van der Waals surface area contributed by atoms with Crippen molar-refractivity contribution in [2.75, 3.05) is 0 Å². The number of aromatic hydroxyl groups is 1. The van der Waals surface area contributed by atoms with Crippen LogP contribution in [0.25, 0.3) is 0 Å². The van der Waals surface area contributed by atoms with Gasteiger partial charge in [-0.3, -0.25) is 4.79 Å². The van der Waals surface area contributed by atoms with Gasteiger partial charge in [-0.15, -0.1) is 0 Å². The summed E-state index contributed by atoms with van der Waals surface area (Å²) in [6, 6.07) is 4.30. The second-order valence-corrected chi connectivity index (χ2v) is 2.99. The third-order valence-electron chi connectivity index (χ3n) is 1.74. The summed E-state index contributed by atoms with van der Waals surface area (Å²) in [7, 11) is 0. The fourth-order valence-corrected chi connectivity index (χ4v) is 0.995. The highest BCUT2D eigenvalue weighted by atomic mass is 19.1. The topological polar surface area (TPSA) is 73.1 Å². The third-order valence-corrected chi connectivity index (χ3v) is 1.74. The fraction of sp³-hybridized carbons (Fsp3) is 0.200. The molecular weight excluding hydrogens is 199 g/mol. The van der Waals surface area contributed by atoms with Crippen LogP contribution < -0.4 is 5.32 Å². The van der Waals surface area contributed by atoms with Crippen LogP contribution in [-0.4, -0.2) is 17.1 Å². The number of hydrogen-bond donors (Lipinski definition) is 2. The number of phenolic OH excluding ortho intramolecular Hbond substituents is 1. The summed E-state index contributed by atoms with van der Waals surface area (Å²) in [6.45, 7) is 1.48. The number of hydrogen-bond acceptors (Lipinski definition) is 3. The molecule has 0 bridgehead atoms. The third kappa shape index (κ3) is 2.68. The molecule has 5 heteroatoms. The van der Waals surface area contributed by atoms with E-state index < -0.39 is 17.8 Å². The lowest BCUT2D eigenvalue weighted by Crippen LogP contribution is -2.31. The number of carbonyl (C=O) groups is 1. The number of benzene rings is 1. The molecule has 4 nitrogen and oxygen atoms in total. The minimum absolute atomic E-state index is 0.199. The lowest BCUT2D eigenvalue weighted by molar-refractivity contribution is 0.0944. The van der Waals surface area contributed by atoms with Gasteiger partial charge in [-0.1, -0.05) is 0 Å². The molecule has 0 radical (unpaired) electrons. The summed E-state index contributed by atoms with van der Waals surface area (Å²) >= 11 is 0. The lowest BCUT2D eigenvalue weighted by atomic mass is 10.2. The van der Waals surface area contributed by atoms with Gasteiger partial charge < -0.3 is 10.4 Å². The summed E-state index contributed by atoms with van der Waals surface area (Å²) in [5.41, 5.74) is -0.199. The average molecular weight is 208 g/mol. The number of halogens is 1. The van der Waals surface area contributed by atoms with Crippen LogP contribution in [0.5, 0.6) is 5.75 Å². The van der Waals surface area contributed by atoms with Gasteiger partial charge in [0.15, 0.2) is 0 Å². The van der Waals surface area contributed by atoms with Crippen LogP contribution in [0.15, 0.2) is 18.2 Å². The van der Waals surface area contributed by atoms with Crippen molar-refractivity contribution in [1.29, 1.82) is 5.26 Å². The van der Waals surface area contributed by atoms with Gasteiger partial charge in [0.25, 0.3) is 5.91 Å². The van der Waals surface area contributed by atoms with Crippen LogP contribution in [0.3, 0.4) is 0 Å². The van der Waals surface area contributed by atoms with Crippen molar-refractivity contribution in [2.45, 2.75) is 13.0 Å². The van der Waals surface area contributed by atoms with Gasteiger partial charge in [-0.25, -0.2) is 4.39 Å². The Morgan fingerprint density at radius 3 is 2.87 bits per heavy atom. The van der Waals surface area contributed by atoms with Crippen LogP contribution in [0.4, 0.5) is 4.39 Å². The molecule has 1 rings (SSSR count). The molecule has 15 heavy (non-hydrogen) atoms. The van der Waals surface area contributed by atoms with Crippen LogP contribution >= 0.6 is 0 Å². The van der Waals surface area contributed by atoms with Gasteiger partial charge in [0.2, 0.25) is 0 Å². The Morgan fingerprint density at radius 1 is 1.67 bits per heavy atom. The van der Waals surface area contributed by atoms with Crippen molar-refractivity contribution < 1.29 is 14.3 Å². The zero-order chi connectivity index (χ0) is 11.4. The lowest BCUT2D eigenvalue weighted by Gasteiger charge is -2.07. The van der Waals surface area contributed by atoms with Crippen LogP contribution in [-0.2, 0) is 0 Å². The zero-order valence-electron chi connectivity index (χ0n) is 7.99. The van der Waals surface area contributed by atoms with Gasteiger partial charge in [-0.2, -0.15) is 5.26 Å². The molecule has 78 valence electrons. The normalized spacial score (nSPS) is 11.5. The summed E-state index contributed by atoms with van der Waals surface area (Å²) < 4.78 is 13.2. The second-order valence-electron chi connectivity index (χ2n) is 2.99. The highest BCUT2D eigenvalue weighted by molar-refractivity contribution is 5.94. The Morgan fingerprint density at radius 2 is 2.33 bits per heavy atom. The molecule has 1 aromatic carbocycles. The molecule has 1 atom stereocenters. The van der Waals surface area contributed by atoms with Gasteiger partial charge in [0.1, 0.15) is 17.6 Å². The van der Waals surface area contributed by atoms with Crippen molar-refractivity contribution in [3.05, 3.63) is 29.6 Å². The Hall–Kier alpha value is -2.09. The molecule has 0 fully saturated rings. The number of carbonyl (C=O) groups excluding carboxylic acids is 1. The Balaban J connectivity index is 2.88. The van der Waals surface area contributed by atoms with Crippen molar-refractivity contribution in [3.8, 4) is 11.8 Å². The number of phenols is 1. The number of nitriles is 1. The van der Waals surface area contributed by atoms with Crippen molar-refractivity contribution >= 4 is 5.91 Å². The number of amides is 1. The molecule has 0 saturated heterocycles. The molecule has 0 aliphatic rings. The molecule has 2 N–H and O–H groups in total. The number of nitrogens with one attached hydrogen (secondary N) is 1. The Bertz CT molecular complexity index is 426. The van der Waals surface area contributed by atoms with Crippen molar-refractivity contribution in [1.82, 2.24) is 5.32 Å². The van der Waals surface area contributed by atoms with E-state index >= 15 is 0 Å². The molecule has 0 aliphatic carbocycles. The maximum atomic E-state index is 13.2. The number of nitrogens with zero attached hydrogens (tertiary/aromatic N) is 1. The van der Waals surface area contributed by atoms with Crippen LogP contribution in [0.2, 0.25) is 0 Å². The second kappa shape index (κ2) is 4.42. The predicted octanol–water partition coefficient (Wildman–Crippen LogP) is 1.17. The molecule has 0 spiro atoms. The first-order valence-corrected chi connectivity index (χ1v) is 4.23. The molecule has 1 amide bonds. The predicted molar refractivity (Wildman–Crippen MR) is 50.6 cm³/mol. The molecule has 0 unspecified atom stereocenters. The molecule has 0 saturated carbocycles. The maximum Gasteiger partial charge on any atom is 0.255 e. The van der Waals surface area contributed by atoms with E-state index in [0.29, 0.717) is 0 Å². The minimum atomic E-state index is -0.822. The van der Waals surface area contributed by atoms with E-state index in [2.05, 4.69) is 5.32 Å². The summed E-state index contributed by atoms with van der Waals surface area (Å²) in [6.07, 6.45) is 0. The Kier molecular flexibility index (Phi) is 3.24. The average Bonchev–Trinajstić information content (AvgIpc) is 2.17. The first kappa shape index (κ1) is 11.0. The summed E-state index contributed by atoms with van der Waals surface area (Å²) in [5.74, 6) is -1.75. The zero-order valence-corrected chi connectivity index (χ0v) is 7.99. The molecule has 0 heterocycles. The minimum Gasteiger partial charge on any atom is -0.508 e. The molecule has 0 aliphatic heterocycles. The molecular formula is C10H9FN2O2. The van der Waals surface area contributed by atoms with E-state index in [0.717, 1.165) is 12.1 Å². The number of rotatable bonds is 2. The highest BCUT2D eigenvalue weighted by Crippen LogP contribution is 2.14. The maximum absolute atomic E-state index is 13.2. The first-order chi connectivity index (χ1) is 7.04. The molecule has 0 aromatic heterocycles. The summed E-state index contributed by atoms with van der Waals surface area (Å²) in [4.78, 5) is 11.4. The fourth-order valence-electron chi connectivity index (χ4n) is 0.995. The van der Waals surface area contributed by atoms with Gasteiger partial charge in [0.05, 0.1) is 11.6 Å². The summed E-state index contributed by atoms with van der Waals surface area (Å²) in [5, 5.41) is 19.7. The van der Waals surface area contributed by atoms with E-state index in [1.54, 1.807) is 6.07 Å². The SMILES string of the molecule is C[C@@H](C#N)NC(=O)c1ccc(O)cc1F.